The van der Waals surface area contributed by atoms with Crippen molar-refractivity contribution < 1.29 is 47.9 Å². The van der Waals surface area contributed by atoms with Crippen LogP contribution in [0.5, 0.6) is 11.6 Å². The van der Waals surface area contributed by atoms with Gasteiger partial charge < -0.3 is 49.1 Å². The van der Waals surface area contributed by atoms with Crippen LogP contribution in [0.15, 0.2) is 78.4 Å². The molecule has 5 aromatic rings. The lowest BCUT2D eigenvalue weighted by Gasteiger charge is -2.35. The number of likely N-dealkylation sites (tertiary alicyclic amines) is 1. The second-order valence-corrected chi connectivity index (χ2v) is 18.0. The van der Waals surface area contributed by atoms with Crippen LogP contribution >= 0.6 is 11.3 Å². The summed E-state index contributed by atoms with van der Waals surface area (Å²) in [5, 5.41) is 17.4. The number of thiazole rings is 1. The molecule has 16 nitrogen and oxygen atoms in total. The Labute approximate surface area is 396 Å². The highest BCUT2D eigenvalue weighted by Gasteiger charge is 2.44. The Morgan fingerprint density at radius 1 is 0.866 bits per heavy atom. The fourth-order valence-electron chi connectivity index (χ4n) is 7.38. The van der Waals surface area contributed by atoms with E-state index in [1.807, 2.05) is 119 Å². The minimum atomic E-state index is -0.967. The monoisotopic (exact) mass is 938 g/mol. The number of benzene rings is 2. The maximum absolute atomic E-state index is 14.0. The molecular weight excluding hydrogens is 877 g/mol. The number of ether oxygens (including phenoxy) is 6. The predicted molar refractivity (Wildman–Crippen MR) is 257 cm³/mol. The highest BCUT2D eigenvalue weighted by atomic mass is 32.1. The first kappa shape index (κ1) is 50.6. The zero-order valence-electron chi connectivity index (χ0n) is 39.1. The number of pyridine rings is 2. The van der Waals surface area contributed by atoms with E-state index in [1.54, 1.807) is 24.6 Å². The first-order valence-corrected chi connectivity index (χ1v) is 23.3. The Balaban J connectivity index is 0.812. The Bertz CT molecular complexity index is 2420. The number of hydrogen-bond acceptors (Lipinski definition) is 14. The van der Waals surface area contributed by atoms with Crippen LogP contribution in [0.3, 0.4) is 0 Å². The van der Waals surface area contributed by atoms with E-state index in [4.69, 9.17) is 33.4 Å². The number of carbonyl (C=O) groups is 3. The van der Waals surface area contributed by atoms with Crippen molar-refractivity contribution in [3.8, 4) is 22.1 Å². The van der Waals surface area contributed by atoms with Crippen molar-refractivity contribution in [2.45, 2.75) is 65.3 Å². The number of rotatable bonds is 24. The highest BCUT2D eigenvalue weighted by molar-refractivity contribution is 7.13. The molecule has 2 aromatic carbocycles. The quantitative estimate of drug-likeness (QED) is 0.0606. The number of amides is 3. The minimum Gasteiger partial charge on any atom is -0.491 e. The number of methoxy groups -OCH3 is 1. The van der Waals surface area contributed by atoms with Crippen LogP contribution in [0.1, 0.15) is 62.7 Å². The van der Waals surface area contributed by atoms with E-state index in [0.717, 1.165) is 49.6 Å². The Morgan fingerprint density at radius 3 is 2.24 bits per heavy atom. The summed E-state index contributed by atoms with van der Waals surface area (Å²) in [6, 6.07) is 19.2. The third-order valence-electron chi connectivity index (χ3n) is 11.0. The van der Waals surface area contributed by atoms with Crippen molar-refractivity contribution in [3.05, 3.63) is 101 Å². The van der Waals surface area contributed by atoms with E-state index in [9.17, 15) is 19.5 Å². The smallest absolute Gasteiger partial charge is 0.246 e. The second kappa shape index (κ2) is 24.8. The topological polar surface area (TPSA) is 193 Å². The Hall–Kier alpha value is -5.82. The van der Waals surface area contributed by atoms with Gasteiger partial charge in [0.25, 0.3) is 0 Å². The first-order chi connectivity index (χ1) is 32.3. The summed E-state index contributed by atoms with van der Waals surface area (Å²) >= 11 is 1.57. The van der Waals surface area contributed by atoms with E-state index in [-0.39, 0.29) is 44.7 Å². The molecule has 67 heavy (non-hydrogen) atoms. The van der Waals surface area contributed by atoms with Gasteiger partial charge in [0.2, 0.25) is 23.6 Å². The summed E-state index contributed by atoms with van der Waals surface area (Å²) in [6.07, 6.45) is 4.83. The largest absolute Gasteiger partial charge is 0.491 e. The van der Waals surface area contributed by atoms with Crippen molar-refractivity contribution in [2.75, 3.05) is 73.1 Å². The molecule has 3 aromatic heterocycles. The third-order valence-corrected chi connectivity index (χ3v) is 12.0. The summed E-state index contributed by atoms with van der Waals surface area (Å²) in [6.45, 7) is 11.7. The van der Waals surface area contributed by atoms with Gasteiger partial charge in [0.1, 0.15) is 31.0 Å². The average molecular weight is 939 g/mol. The van der Waals surface area contributed by atoms with Gasteiger partial charge in [-0.25, -0.2) is 15.0 Å². The van der Waals surface area contributed by atoms with Crippen LogP contribution in [0.4, 0.5) is 0 Å². The van der Waals surface area contributed by atoms with Gasteiger partial charge in [-0.05, 0) is 72.4 Å². The molecule has 1 saturated heterocycles. The number of aryl methyl sites for hydroxylation is 1. The van der Waals surface area contributed by atoms with E-state index >= 15 is 0 Å². The maximum Gasteiger partial charge on any atom is 0.246 e. The number of carbonyl (C=O) groups excluding carboxylic acids is 3. The molecule has 0 radical (unpaired) electrons. The molecule has 3 amide bonds. The zero-order valence-corrected chi connectivity index (χ0v) is 39.9. The number of nitrogens with one attached hydrogen (secondary N) is 2. The zero-order chi connectivity index (χ0) is 47.8. The lowest BCUT2D eigenvalue weighted by molar-refractivity contribution is -0.144. The van der Waals surface area contributed by atoms with Crippen molar-refractivity contribution in [1.29, 1.82) is 0 Å². The fourth-order valence-corrected chi connectivity index (χ4v) is 8.20. The van der Waals surface area contributed by atoms with Crippen LogP contribution in [-0.4, -0.2) is 134 Å². The van der Waals surface area contributed by atoms with E-state index in [2.05, 4.69) is 20.6 Å². The molecule has 1 fully saturated rings. The van der Waals surface area contributed by atoms with E-state index in [0.29, 0.717) is 45.5 Å². The van der Waals surface area contributed by atoms with Gasteiger partial charge in [0.05, 0.1) is 92.8 Å². The molecule has 4 atom stereocenters. The van der Waals surface area contributed by atoms with Gasteiger partial charge in [0.15, 0.2) is 0 Å². The molecule has 4 heterocycles. The maximum atomic E-state index is 14.0. The van der Waals surface area contributed by atoms with Gasteiger partial charge in [-0.15, -0.1) is 11.3 Å². The summed E-state index contributed by atoms with van der Waals surface area (Å²) in [5.74, 6) is -0.00925. The van der Waals surface area contributed by atoms with Crippen LogP contribution < -0.4 is 20.1 Å². The molecule has 0 spiro atoms. The fraction of sp³-hybridized carbons (Fsp3) is 0.440. The number of hydrogen-bond donors (Lipinski definition) is 3. The number of fused-ring (bicyclic) bond motifs is 1. The Kier molecular flexibility index (Phi) is 18.7. The molecule has 1 aliphatic heterocycles. The molecular formula is C50H62N6O10S. The SMILES string of the molecule is COc1cc(/C=C/c2ccc3cc(OCCOCCOCCOCCOCC(=O)NC(C(=O)N4C[C@H](O)C[C@H]4C(=O)NC(C)c4ccc(-c5scnc5C)cc4)C(C)(C)C)ccc3n2)ccn1. The van der Waals surface area contributed by atoms with Crippen molar-refractivity contribution in [3.63, 3.8) is 0 Å². The summed E-state index contributed by atoms with van der Waals surface area (Å²) in [4.78, 5) is 56.2. The third kappa shape index (κ3) is 15.1. The van der Waals surface area contributed by atoms with Crippen molar-refractivity contribution in [2.24, 2.45) is 5.41 Å². The van der Waals surface area contributed by atoms with Gasteiger partial charge in [-0.2, -0.15) is 0 Å². The molecule has 2 unspecified atom stereocenters. The number of nitrogens with zero attached hydrogens (tertiary/aromatic N) is 4. The van der Waals surface area contributed by atoms with Crippen molar-refractivity contribution >= 4 is 52.1 Å². The van der Waals surface area contributed by atoms with Gasteiger partial charge in [-0.3, -0.25) is 14.4 Å². The molecule has 1 aliphatic rings. The molecule has 6 rings (SSSR count). The minimum absolute atomic E-state index is 0.0193. The summed E-state index contributed by atoms with van der Waals surface area (Å²) < 4.78 is 33.4. The number of β-amino-alcohol motifs (C(OH)–C–C–N with tert-alkyl or cyclic N) is 1. The first-order valence-electron chi connectivity index (χ1n) is 22.4. The van der Waals surface area contributed by atoms with Gasteiger partial charge in [-0.1, -0.05) is 57.2 Å². The van der Waals surface area contributed by atoms with Crippen molar-refractivity contribution in [1.82, 2.24) is 30.5 Å². The van der Waals surface area contributed by atoms with Crippen LogP contribution in [0.2, 0.25) is 0 Å². The predicted octanol–water partition coefficient (Wildman–Crippen LogP) is 6.06. The average Bonchev–Trinajstić information content (AvgIpc) is 3.94. The van der Waals surface area contributed by atoms with Crippen LogP contribution in [0, 0.1) is 12.3 Å². The van der Waals surface area contributed by atoms with Crippen LogP contribution in [0.25, 0.3) is 33.5 Å². The molecule has 3 N–H and O–H groups in total. The lowest BCUT2D eigenvalue weighted by Crippen LogP contribution is -2.58. The van der Waals surface area contributed by atoms with E-state index in [1.165, 1.54) is 4.90 Å². The number of aromatic nitrogens is 3. The number of aliphatic hydroxyl groups is 1. The molecule has 358 valence electrons. The second-order valence-electron chi connectivity index (χ2n) is 17.2. The molecule has 17 heteroatoms. The molecule has 0 aliphatic carbocycles. The lowest BCUT2D eigenvalue weighted by atomic mass is 9.85. The highest BCUT2D eigenvalue weighted by Crippen LogP contribution is 2.30. The van der Waals surface area contributed by atoms with E-state index < -0.39 is 35.4 Å². The Morgan fingerprint density at radius 2 is 1.57 bits per heavy atom. The van der Waals surface area contributed by atoms with Gasteiger partial charge in [0, 0.05) is 30.6 Å². The normalized spacial score (nSPS) is 16.0. The molecule has 0 bridgehead atoms. The summed E-state index contributed by atoms with van der Waals surface area (Å²) in [5.41, 5.74) is 6.69. The van der Waals surface area contributed by atoms with Crippen LogP contribution in [-0.2, 0) is 33.3 Å². The standard InChI is InChI=1S/C50H62N6O10S/c1-33(36-8-10-37(11-9-36)46-34(2)52-32-67-46)53-48(59)43-29-40(57)30-56(43)49(60)47(50(3,4)5)55-44(58)31-65-24-23-63-20-19-62-21-22-64-25-26-66-41-15-16-42-38(28-41)12-14-39(54-42)13-7-35-17-18-51-45(27-35)61-6/h7-18,27-28,32-33,40,43,47,57H,19-26,29-31H2,1-6H3,(H,53,59)(H,55,58)/b13-7+/t33?,40-,43+,47?/m1/s1. The van der Waals surface area contributed by atoms with Gasteiger partial charge >= 0.3 is 0 Å². The molecule has 0 saturated carbocycles. The summed E-state index contributed by atoms with van der Waals surface area (Å²) in [7, 11) is 1.59. The number of aliphatic hydroxyl groups excluding tert-OH is 1.